The number of allylic oxidation sites excluding steroid dienone is 1. The summed E-state index contributed by atoms with van der Waals surface area (Å²) in [5.74, 6) is 0. The summed E-state index contributed by atoms with van der Waals surface area (Å²) in [6.07, 6.45) is 1.93. The number of benzene rings is 1. The zero-order valence-electron chi connectivity index (χ0n) is 8.51. The van der Waals surface area contributed by atoms with E-state index >= 15 is 0 Å². The highest BCUT2D eigenvalue weighted by atomic mass is 79.9. The predicted molar refractivity (Wildman–Crippen MR) is 65.8 cm³/mol. The lowest BCUT2D eigenvalue weighted by Crippen LogP contribution is -1.98. The molecule has 0 atom stereocenters. The third-order valence-electron chi connectivity index (χ3n) is 1.74. The van der Waals surface area contributed by atoms with Crippen molar-refractivity contribution in [3.63, 3.8) is 0 Å². The number of rotatable bonds is 3. The Kier molecular flexibility index (Phi) is 4.92. The normalized spacial score (nSPS) is 12.9. The second kappa shape index (κ2) is 5.77. The molecule has 0 radical (unpaired) electrons. The molecule has 16 heavy (non-hydrogen) atoms. The minimum absolute atomic E-state index is 0.0959. The molecule has 0 aliphatic carbocycles. The summed E-state index contributed by atoms with van der Waals surface area (Å²) in [7, 11) is 0. The molecule has 0 bridgehead atoms. The first-order chi connectivity index (χ1) is 7.40. The minimum atomic E-state index is -4.22. The van der Waals surface area contributed by atoms with Gasteiger partial charge in [0.15, 0.2) is 0 Å². The summed E-state index contributed by atoms with van der Waals surface area (Å²) in [6.45, 7) is 1.95. The van der Waals surface area contributed by atoms with Crippen LogP contribution in [0, 0.1) is 0 Å². The second-order valence-corrected chi connectivity index (χ2v) is 4.94. The van der Waals surface area contributed by atoms with Crippen LogP contribution in [0.25, 0.3) is 6.08 Å². The molecule has 0 saturated carbocycles. The second-order valence-electron chi connectivity index (χ2n) is 3.24. The van der Waals surface area contributed by atoms with E-state index in [-0.39, 0.29) is 16.7 Å². The number of hydrogen-bond donors (Lipinski definition) is 0. The standard InChI is InChI=1S/C11H10BrF3S/c1-8(7-12)6-9-2-4-10(5-3-9)16-11(13,14)15/h2-6H,7H2,1H3. The average Bonchev–Trinajstić information content (AvgIpc) is 2.18. The Hall–Kier alpha value is -0.420. The van der Waals surface area contributed by atoms with E-state index in [9.17, 15) is 13.2 Å². The van der Waals surface area contributed by atoms with Crippen molar-refractivity contribution in [3.05, 3.63) is 35.4 Å². The Morgan fingerprint density at radius 1 is 1.31 bits per heavy atom. The fraction of sp³-hybridized carbons (Fsp3) is 0.273. The van der Waals surface area contributed by atoms with Crippen molar-refractivity contribution in [1.29, 1.82) is 0 Å². The van der Waals surface area contributed by atoms with Gasteiger partial charge >= 0.3 is 5.51 Å². The molecule has 0 saturated heterocycles. The van der Waals surface area contributed by atoms with Crippen LogP contribution in [0.15, 0.2) is 34.7 Å². The van der Waals surface area contributed by atoms with Crippen molar-refractivity contribution in [3.8, 4) is 0 Å². The Bertz CT molecular complexity index is 368. The monoisotopic (exact) mass is 310 g/mol. The average molecular weight is 311 g/mol. The van der Waals surface area contributed by atoms with E-state index in [1.165, 1.54) is 12.1 Å². The van der Waals surface area contributed by atoms with Gasteiger partial charge in [-0.25, -0.2) is 0 Å². The zero-order chi connectivity index (χ0) is 12.2. The van der Waals surface area contributed by atoms with E-state index in [1.54, 1.807) is 12.1 Å². The van der Waals surface area contributed by atoms with Crippen LogP contribution in [-0.2, 0) is 0 Å². The summed E-state index contributed by atoms with van der Waals surface area (Å²) >= 11 is 3.21. The SMILES string of the molecule is CC(=Cc1ccc(SC(F)(F)F)cc1)CBr. The molecule has 0 fully saturated rings. The molecular formula is C11H10BrF3S. The number of alkyl halides is 4. The Morgan fingerprint density at radius 2 is 1.88 bits per heavy atom. The summed E-state index contributed by atoms with van der Waals surface area (Å²) in [5.41, 5.74) is -2.19. The smallest absolute Gasteiger partial charge is 0.160 e. The lowest BCUT2D eigenvalue weighted by molar-refractivity contribution is -0.0328. The van der Waals surface area contributed by atoms with Crippen molar-refractivity contribution in [1.82, 2.24) is 0 Å². The highest BCUT2D eigenvalue weighted by Crippen LogP contribution is 2.36. The van der Waals surface area contributed by atoms with Gasteiger partial charge in [0.05, 0.1) is 0 Å². The third-order valence-corrected chi connectivity index (χ3v) is 3.36. The minimum Gasteiger partial charge on any atom is -0.160 e. The first kappa shape index (κ1) is 13.6. The topological polar surface area (TPSA) is 0 Å². The van der Waals surface area contributed by atoms with E-state index in [0.717, 1.165) is 16.5 Å². The fourth-order valence-corrected chi connectivity index (χ4v) is 1.79. The number of hydrogen-bond acceptors (Lipinski definition) is 1. The van der Waals surface area contributed by atoms with Gasteiger partial charge in [0.25, 0.3) is 0 Å². The van der Waals surface area contributed by atoms with Crippen LogP contribution in [0.1, 0.15) is 12.5 Å². The van der Waals surface area contributed by atoms with Gasteiger partial charge in [-0.1, -0.05) is 39.7 Å². The van der Waals surface area contributed by atoms with Crippen LogP contribution in [0.2, 0.25) is 0 Å². The zero-order valence-corrected chi connectivity index (χ0v) is 10.9. The maximum absolute atomic E-state index is 12.1. The molecule has 1 rings (SSSR count). The number of thioether (sulfide) groups is 1. The van der Waals surface area contributed by atoms with Gasteiger partial charge < -0.3 is 0 Å². The van der Waals surface area contributed by atoms with Crippen molar-refractivity contribution < 1.29 is 13.2 Å². The molecule has 0 aromatic heterocycles. The molecule has 0 heterocycles. The first-order valence-corrected chi connectivity index (χ1v) is 6.43. The van der Waals surface area contributed by atoms with Gasteiger partial charge in [-0.3, -0.25) is 0 Å². The van der Waals surface area contributed by atoms with Crippen molar-refractivity contribution in [2.45, 2.75) is 17.3 Å². The van der Waals surface area contributed by atoms with Crippen molar-refractivity contribution in [2.75, 3.05) is 5.33 Å². The van der Waals surface area contributed by atoms with Crippen LogP contribution < -0.4 is 0 Å². The molecule has 0 spiro atoms. The van der Waals surface area contributed by atoms with E-state index in [1.807, 2.05) is 13.0 Å². The Balaban J connectivity index is 2.76. The molecule has 0 unspecified atom stereocenters. The van der Waals surface area contributed by atoms with Gasteiger partial charge in [0.2, 0.25) is 0 Å². The van der Waals surface area contributed by atoms with E-state index < -0.39 is 5.51 Å². The van der Waals surface area contributed by atoms with Gasteiger partial charge in [-0.05, 0) is 36.4 Å². The largest absolute Gasteiger partial charge is 0.446 e. The molecule has 1 aromatic carbocycles. The Morgan fingerprint density at radius 3 is 2.31 bits per heavy atom. The van der Waals surface area contributed by atoms with Crippen molar-refractivity contribution >= 4 is 33.8 Å². The first-order valence-electron chi connectivity index (χ1n) is 4.49. The van der Waals surface area contributed by atoms with Crippen LogP contribution in [-0.4, -0.2) is 10.8 Å². The Labute approximate surface area is 105 Å². The fourth-order valence-electron chi connectivity index (χ4n) is 1.09. The molecular weight excluding hydrogens is 301 g/mol. The van der Waals surface area contributed by atoms with Gasteiger partial charge in [-0.15, -0.1) is 0 Å². The van der Waals surface area contributed by atoms with Gasteiger partial charge in [0, 0.05) is 10.2 Å². The lowest BCUT2D eigenvalue weighted by atomic mass is 10.1. The summed E-state index contributed by atoms with van der Waals surface area (Å²) in [6, 6.07) is 6.32. The summed E-state index contributed by atoms with van der Waals surface area (Å²) in [4.78, 5) is 0.209. The molecule has 88 valence electrons. The maximum Gasteiger partial charge on any atom is 0.446 e. The molecule has 0 N–H and O–H groups in total. The molecule has 1 aromatic rings. The molecule has 5 heteroatoms. The number of halogens is 4. The summed E-state index contributed by atoms with van der Waals surface area (Å²) in [5, 5.41) is 0.756. The lowest BCUT2D eigenvalue weighted by Gasteiger charge is -2.05. The van der Waals surface area contributed by atoms with Crippen molar-refractivity contribution in [2.24, 2.45) is 0 Å². The van der Waals surface area contributed by atoms with E-state index in [0.29, 0.717) is 0 Å². The van der Waals surface area contributed by atoms with Crippen LogP contribution in [0.4, 0.5) is 13.2 Å². The predicted octanol–water partition coefficient (Wildman–Crippen LogP) is 5.10. The van der Waals surface area contributed by atoms with Crippen LogP contribution in [0.3, 0.4) is 0 Å². The third kappa shape index (κ3) is 5.07. The highest BCUT2D eigenvalue weighted by Gasteiger charge is 2.28. The molecule has 0 aliphatic rings. The van der Waals surface area contributed by atoms with Gasteiger partial charge in [-0.2, -0.15) is 13.2 Å². The molecule has 0 nitrogen and oxygen atoms in total. The molecule has 0 aliphatic heterocycles. The van der Waals surface area contributed by atoms with E-state index in [2.05, 4.69) is 15.9 Å². The van der Waals surface area contributed by atoms with Crippen LogP contribution >= 0.6 is 27.7 Å². The summed E-state index contributed by atoms with van der Waals surface area (Å²) < 4.78 is 36.2. The maximum atomic E-state index is 12.1. The molecule has 0 amide bonds. The van der Waals surface area contributed by atoms with Crippen LogP contribution in [0.5, 0.6) is 0 Å². The van der Waals surface area contributed by atoms with Gasteiger partial charge in [0.1, 0.15) is 0 Å². The van der Waals surface area contributed by atoms with E-state index in [4.69, 9.17) is 0 Å². The highest BCUT2D eigenvalue weighted by molar-refractivity contribution is 9.09. The quantitative estimate of drug-likeness (QED) is 0.553.